The summed E-state index contributed by atoms with van der Waals surface area (Å²) in [5.41, 5.74) is 11.4. The number of para-hydroxylation sites is 3. The zero-order valence-electron chi connectivity index (χ0n) is 38.3. The first kappa shape index (κ1) is 39.9. The van der Waals surface area contributed by atoms with E-state index in [1.54, 1.807) is 0 Å². The third kappa shape index (κ3) is 6.49. The topological polar surface area (TPSA) is 6.48 Å². The molecule has 0 aliphatic heterocycles. The van der Waals surface area contributed by atoms with E-state index in [1.165, 1.54) is 97.7 Å². The van der Waals surface area contributed by atoms with Gasteiger partial charge in [0.05, 0.1) is 5.69 Å². The average molecular weight is 889 g/mol. The lowest BCUT2D eigenvalue weighted by atomic mass is 9.84. The van der Waals surface area contributed by atoms with Crippen LogP contribution >= 0.6 is 0 Å². The Morgan fingerprint density at radius 3 is 1.11 bits per heavy atom. The van der Waals surface area contributed by atoms with Crippen molar-refractivity contribution in [2.75, 3.05) is 9.80 Å². The van der Waals surface area contributed by atoms with Crippen LogP contribution in [0, 0.1) is 0 Å². The quantitative estimate of drug-likeness (QED) is 0.111. The SMILES string of the molecule is c1ccc(N(c2ccccc2)c2ccc3c(-c4ccc5ccccc5c4)c4cc(N(c5ccccc5)c5ccc6ccc7cccc8ccc5c6c78)ccc4c(-c4ccc5ccccc5c4)c3c2)cc1. The second-order valence-corrected chi connectivity index (χ2v) is 18.5. The molecule has 0 N–H and O–H groups in total. The Bertz CT molecular complexity index is 4240. The zero-order valence-corrected chi connectivity index (χ0v) is 38.3. The first-order valence-corrected chi connectivity index (χ1v) is 24.2. The fourth-order valence-corrected chi connectivity index (χ4v) is 11.3. The Kier molecular flexibility index (Phi) is 9.25. The van der Waals surface area contributed by atoms with Crippen molar-refractivity contribution in [3.05, 3.63) is 267 Å². The maximum Gasteiger partial charge on any atom is 0.0540 e. The molecule has 0 unspecified atom stereocenters. The van der Waals surface area contributed by atoms with E-state index in [1.807, 2.05) is 0 Å². The van der Waals surface area contributed by atoms with Gasteiger partial charge in [-0.3, -0.25) is 0 Å². The second-order valence-electron chi connectivity index (χ2n) is 18.5. The van der Waals surface area contributed by atoms with E-state index >= 15 is 0 Å². The molecule has 0 saturated heterocycles. The van der Waals surface area contributed by atoms with Gasteiger partial charge in [0.15, 0.2) is 0 Å². The molecule has 0 aromatic heterocycles. The molecular weight excluding hydrogens is 845 g/mol. The predicted octanol–water partition coefficient (Wildman–Crippen LogP) is 19.5. The Morgan fingerprint density at radius 1 is 0.200 bits per heavy atom. The number of hydrogen-bond acceptors (Lipinski definition) is 2. The lowest BCUT2D eigenvalue weighted by Gasteiger charge is -2.29. The van der Waals surface area contributed by atoms with Crippen molar-refractivity contribution >= 4 is 110 Å². The molecule has 14 aromatic carbocycles. The molecule has 0 aliphatic carbocycles. The van der Waals surface area contributed by atoms with Crippen molar-refractivity contribution in [1.29, 1.82) is 0 Å². The maximum absolute atomic E-state index is 2.47. The van der Waals surface area contributed by atoms with Crippen LogP contribution in [0.1, 0.15) is 0 Å². The summed E-state index contributed by atoms with van der Waals surface area (Å²) in [6, 6.07) is 98.5. The second kappa shape index (κ2) is 16.2. The smallest absolute Gasteiger partial charge is 0.0540 e. The predicted molar refractivity (Wildman–Crippen MR) is 300 cm³/mol. The van der Waals surface area contributed by atoms with E-state index < -0.39 is 0 Å². The van der Waals surface area contributed by atoms with Gasteiger partial charge in [-0.05, 0) is 171 Å². The standard InChI is InChI=1S/C68H44N2/c1-4-21-54(22-5-1)69(55-23-6-2-7-24-55)57-35-38-59-62(43-57)66(52-31-27-45-15-10-12-17-50(45)41-52)60-39-36-58(44-63(60)67(59)53-32-28-46-16-11-13-18-51(46)42-53)70(56-25-8-3-9-26-56)64-40-34-49-30-29-47-19-14-20-48-33-37-61(64)68(49)65(47)48/h1-44H. The van der Waals surface area contributed by atoms with Crippen LogP contribution in [0.4, 0.5) is 34.1 Å². The van der Waals surface area contributed by atoms with E-state index in [0.717, 1.165) is 34.1 Å². The van der Waals surface area contributed by atoms with Gasteiger partial charge in [-0.25, -0.2) is 0 Å². The van der Waals surface area contributed by atoms with Crippen LogP contribution in [0.3, 0.4) is 0 Å². The monoisotopic (exact) mass is 888 g/mol. The van der Waals surface area contributed by atoms with Crippen molar-refractivity contribution < 1.29 is 0 Å². The van der Waals surface area contributed by atoms with E-state index in [9.17, 15) is 0 Å². The van der Waals surface area contributed by atoms with Gasteiger partial charge in [-0.15, -0.1) is 0 Å². The minimum Gasteiger partial charge on any atom is -0.310 e. The van der Waals surface area contributed by atoms with Gasteiger partial charge < -0.3 is 9.80 Å². The minimum atomic E-state index is 1.09. The largest absolute Gasteiger partial charge is 0.310 e. The number of fused-ring (bicyclic) bond motifs is 4. The molecule has 0 fully saturated rings. The van der Waals surface area contributed by atoms with Crippen LogP contribution in [0.2, 0.25) is 0 Å². The highest BCUT2D eigenvalue weighted by atomic mass is 15.1. The fourth-order valence-electron chi connectivity index (χ4n) is 11.3. The molecule has 0 aliphatic rings. The molecule has 2 heteroatoms. The lowest BCUT2D eigenvalue weighted by molar-refractivity contribution is 1.29. The molecule has 2 nitrogen and oxygen atoms in total. The van der Waals surface area contributed by atoms with E-state index in [-0.39, 0.29) is 0 Å². The molecule has 0 amide bonds. The van der Waals surface area contributed by atoms with Crippen LogP contribution in [0.25, 0.3) is 97.7 Å². The van der Waals surface area contributed by atoms with Crippen LogP contribution in [0.15, 0.2) is 267 Å². The molecule has 0 radical (unpaired) electrons. The van der Waals surface area contributed by atoms with Gasteiger partial charge >= 0.3 is 0 Å². The summed E-state index contributed by atoms with van der Waals surface area (Å²) in [5.74, 6) is 0. The molecule has 14 aromatic rings. The van der Waals surface area contributed by atoms with Crippen LogP contribution in [0.5, 0.6) is 0 Å². The van der Waals surface area contributed by atoms with Crippen molar-refractivity contribution in [1.82, 2.24) is 0 Å². The van der Waals surface area contributed by atoms with E-state index in [4.69, 9.17) is 0 Å². The van der Waals surface area contributed by atoms with Gasteiger partial charge in [-0.2, -0.15) is 0 Å². The van der Waals surface area contributed by atoms with Crippen LogP contribution in [-0.2, 0) is 0 Å². The molecule has 0 saturated carbocycles. The number of nitrogens with zero attached hydrogens (tertiary/aromatic N) is 2. The highest BCUT2D eigenvalue weighted by Crippen LogP contribution is 2.50. The van der Waals surface area contributed by atoms with Gasteiger partial charge in [0.2, 0.25) is 0 Å². The molecule has 326 valence electrons. The van der Waals surface area contributed by atoms with Crippen molar-refractivity contribution in [2.45, 2.75) is 0 Å². The Hall–Kier alpha value is -9.24. The van der Waals surface area contributed by atoms with E-state index in [2.05, 4.69) is 277 Å². The molecule has 14 rings (SSSR count). The van der Waals surface area contributed by atoms with Crippen LogP contribution < -0.4 is 9.80 Å². The number of rotatable bonds is 8. The van der Waals surface area contributed by atoms with Gasteiger partial charge in [0, 0.05) is 33.8 Å². The summed E-state index contributed by atoms with van der Waals surface area (Å²) >= 11 is 0. The highest BCUT2D eigenvalue weighted by molar-refractivity contribution is 6.27. The molecular formula is C68H44N2. The Balaban J connectivity index is 1.10. The zero-order chi connectivity index (χ0) is 46.1. The minimum absolute atomic E-state index is 1.09. The lowest BCUT2D eigenvalue weighted by Crippen LogP contribution is -2.11. The van der Waals surface area contributed by atoms with Crippen molar-refractivity contribution in [3.8, 4) is 22.3 Å². The Labute approximate surface area is 406 Å². The molecule has 0 heterocycles. The number of hydrogen-bond donors (Lipinski definition) is 0. The molecule has 70 heavy (non-hydrogen) atoms. The average Bonchev–Trinajstić information content (AvgIpc) is 3.43. The maximum atomic E-state index is 2.47. The molecule has 0 bridgehead atoms. The summed E-state index contributed by atoms with van der Waals surface area (Å²) < 4.78 is 0. The molecule has 0 spiro atoms. The summed E-state index contributed by atoms with van der Waals surface area (Å²) in [6.45, 7) is 0. The van der Waals surface area contributed by atoms with Gasteiger partial charge in [0.25, 0.3) is 0 Å². The summed E-state index contributed by atoms with van der Waals surface area (Å²) in [4.78, 5) is 4.84. The molecule has 0 atom stereocenters. The highest BCUT2D eigenvalue weighted by Gasteiger charge is 2.24. The summed E-state index contributed by atoms with van der Waals surface area (Å²) in [6.07, 6.45) is 0. The third-order valence-corrected chi connectivity index (χ3v) is 14.5. The van der Waals surface area contributed by atoms with Crippen molar-refractivity contribution in [2.24, 2.45) is 0 Å². The first-order valence-electron chi connectivity index (χ1n) is 24.2. The van der Waals surface area contributed by atoms with Gasteiger partial charge in [-0.1, -0.05) is 188 Å². The Morgan fingerprint density at radius 2 is 0.586 bits per heavy atom. The fraction of sp³-hybridized carbons (Fsp3) is 0. The van der Waals surface area contributed by atoms with E-state index in [0.29, 0.717) is 0 Å². The normalized spacial score (nSPS) is 11.7. The van der Waals surface area contributed by atoms with Crippen molar-refractivity contribution in [3.63, 3.8) is 0 Å². The third-order valence-electron chi connectivity index (χ3n) is 14.5. The van der Waals surface area contributed by atoms with Gasteiger partial charge in [0.1, 0.15) is 0 Å². The van der Waals surface area contributed by atoms with Crippen LogP contribution in [-0.4, -0.2) is 0 Å². The summed E-state index contributed by atoms with van der Waals surface area (Å²) in [5, 5.41) is 17.3. The summed E-state index contributed by atoms with van der Waals surface area (Å²) in [7, 11) is 0. The number of benzene rings is 14. The number of anilines is 6. The first-order chi connectivity index (χ1) is 34.7.